The van der Waals surface area contributed by atoms with Crippen molar-refractivity contribution in [2.45, 2.75) is 90.1 Å². The zero-order chi connectivity index (χ0) is 25.4. The van der Waals surface area contributed by atoms with Gasteiger partial charge in [-0.05, 0) is 68.1 Å². The van der Waals surface area contributed by atoms with Gasteiger partial charge < -0.3 is 14.5 Å². The Hall–Kier alpha value is -2.43. The lowest BCUT2D eigenvalue weighted by molar-refractivity contribution is 0.114. The van der Waals surface area contributed by atoms with Gasteiger partial charge in [-0.15, -0.1) is 0 Å². The van der Waals surface area contributed by atoms with Crippen LogP contribution < -0.4 is 10.1 Å². The minimum absolute atomic E-state index is 0.170. The number of nitrogens with one attached hydrogen (secondary N) is 1. The Kier molecular flexibility index (Phi) is 6.86. The fourth-order valence-electron chi connectivity index (χ4n) is 4.20. The van der Waals surface area contributed by atoms with E-state index in [-0.39, 0.29) is 11.1 Å². The van der Waals surface area contributed by atoms with Crippen LogP contribution in [0.3, 0.4) is 0 Å². The Balaban J connectivity index is 1.17. The van der Waals surface area contributed by atoms with Gasteiger partial charge in [-0.25, -0.2) is 19.9 Å². The number of anilines is 2. The highest BCUT2D eigenvalue weighted by molar-refractivity contribution is 7.18. The molecular weight excluding hydrogens is 488 g/mol. The van der Waals surface area contributed by atoms with Crippen molar-refractivity contribution in [3.8, 4) is 16.6 Å². The molecule has 1 N–H and O–H groups in total. The predicted molar refractivity (Wildman–Crippen MR) is 145 cm³/mol. The van der Waals surface area contributed by atoms with Crippen LogP contribution in [0.5, 0.6) is 6.01 Å². The van der Waals surface area contributed by atoms with Crippen LogP contribution in [0.2, 0.25) is 18.1 Å². The Bertz CT molecular complexity index is 1180. The molecule has 10 heteroatoms. The first-order valence-electron chi connectivity index (χ1n) is 12.8. The van der Waals surface area contributed by atoms with Crippen LogP contribution in [-0.4, -0.2) is 39.3 Å². The van der Waals surface area contributed by atoms with Gasteiger partial charge in [0.05, 0.1) is 17.2 Å². The van der Waals surface area contributed by atoms with Gasteiger partial charge >= 0.3 is 6.01 Å². The second kappa shape index (κ2) is 9.79. The predicted octanol–water partition coefficient (Wildman–Crippen LogP) is 6.76. The van der Waals surface area contributed by atoms with Crippen molar-refractivity contribution >= 4 is 30.7 Å². The molecule has 8 nitrogen and oxygen atoms in total. The largest absolute Gasteiger partial charge is 0.460 e. The lowest BCUT2D eigenvalue weighted by Crippen LogP contribution is -2.40. The monoisotopic (exact) mass is 524 g/mol. The normalized spacial score (nSPS) is 17.8. The van der Waals surface area contributed by atoms with E-state index in [1.807, 2.05) is 6.07 Å². The van der Waals surface area contributed by atoms with Crippen LogP contribution in [0, 0.1) is 5.41 Å². The van der Waals surface area contributed by atoms with Crippen LogP contribution in [0.15, 0.2) is 30.9 Å². The van der Waals surface area contributed by atoms with Crippen molar-refractivity contribution in [3.05, 3.63) is 36.4 Å². The van der Waals surface area contributed by atoms with Crippen molar-refractivity contribution in [3.63, 3.8) is 0 Å². The molecule has 3 heterocycles. The van der Waals surface area contributed by atoms with E-state index in [0.717, 1.165) is 29.0 Å². The zero-order valence-electron chi connectivity index (χ0n) is 21.9. The van der Waals surface area contributed by atoms with Crippen molar-refractivity contribution in [1.82, 2.24) is 24.9 Å². The fraction of sp³-hybridized carbons (Fsp3) is 0.577. The Morgan fingerprint density at radius 3 is 2.42 bits per heavy atom. The molecule has 0 amide bonds. The molecule has 2 fully saturated rings. The fourth-order valence-corrected chi connectivity index (χ4v) is 5.94. The molecule has 36 heavy (non-hydrogen) atoms. The van der Waals surface area contributed by atoms with E-state index < -0.39 is 8.32 Å². The van der Waals surface area contributed by atoms with Gasteiger partial charge in [-0.1, -0.05) is 32.1 Å². The summed E-state index contributed by atoms with van der Waals surface area (Å²) in [4.78, 5) is 23.3. The molecule has 0 atom stereocenters. The molecule has 0 aliphatic heterocycles. The molecule has 5 rings (SSSR count). The first kappa shape index (κ1) is 25.2. The summed E-state index contributed by atoms with van der Waals surface area (Å²) in [6, 6.07) is 2.34. The number of aromatic nitrogens is 5. The summed E-state index contributed by atoms with van der Waals surface area (Å²) in [5.41, 5.74) is 2.42. The van der Waals surface area contributed by atoms with Gasteiger partial charge in [0.2, 0.25) is 5.95 Å². The van der Waals surface area contributed by atoms with Gasteiger partial charge in [0.1, 0.15) is 6.10 Å². The van der Waals surface area contributed by atoms with Crippen molar-refractivity contribution < 1.29 is 9.16 Å². The lowest BCUT2D eigenvalue weighted by Gasteiger charge is -2.36. The van der Waals surface area contributed by atoms with Gasteiger partial charge in [0.15, 0.2) is 13.4 Å². The van der Waals surface area contributed by atoms with Crippen LogP contribution in [0.25, 0.3) is 10.6 Å². The van der Waals surface area contributed by atoms with E-state index in [2.05, 4.69) is 64.1 Å². The van der Waals surface area contributed by atoms with Crippen LogP contribution in [-0.2, 0) is 11.0 Å². The topological polar surface area (TPSA) is 94.9 Å². The summed E-state index contributed by atoms with van der Waals surface area (Å²) in [5, 5.41) is 4.07. The minimum Gasteiger partial charge on any atom is -0.460 e. The standard InChI is InChI=1S/C26H36N6O2SSi/c1-25(2,3)36(4,5)33-17-18-14-28-22(29-15-18)32-24-30-16-21(35-24)20-8-13-27-23(31-20)34-19-6-9-26(10-7-19)11-12-26/h8,13-16,19H,6-7,9-12,17H2,1-5H3,(H,28,29,30,32). The van der Waals surface area contributed by atoms with E-state index in [1.54, 1.807) is 24.8 Å². The molecule has 192 valence electrons. The molecular formula is C26H36N6O2SSi. The summed E-state index contributed by atoms with van der Waals surface area (Å²) in [5.74, 6) is 0.504. The second-order valence-electron chi connectivity index (χ2n) is 11.7. The third-order valence-electron chi connectivity index (χ3n) is 7.94. The maximum Gasteiger partial charge on any atom is 0.317 e. The Labute approximate surface area is 218 Å². The maximum atomic E-state index is 6.27. The van der Waals surface area contributed by atoms with E-state index in [4.69, 9.17) is 9.16 Å². The summed E-state index contributed by atoms with van der Waals surface area (Å²) >= 11 is 1.50. The molecule has 0 radical (unpaired) electrons. The molecule has 3 aromatic rings. The third kappa shape index (κ3) is 5.92. The van der Waals surface area contributed by atoms with E-state index in [9.17, 15) is 0 Å². The highest BCUT2D eigenvalue weighted by Gasteiger charge is 2.45. The number of ether oxygens (including phenoxy) is 1. The summed E-state index contributed by atoms with van der Waals surface area (Å²) in [6.45, 7) is 11.7. The molecule has 3 aromatic heterocycles. The Morgan fingerprint density at radius 1 is 1.03 bits per heavy atom. The number of thiazole rings is 1. The van der Waals surface area contributed by atoms with E-state index in [0.29, 0.717) is 29.1 Å². The van der Waals surface area contributed by atoms with Crippen LogP contribution in [0.4, 0.5) is 11.1 Å². The molecule has 0 unspecified atom stereocenters. The molecule has 0 saturated heterocycles. The molecule has 1 spiro atoms. The van der Waals surface area contributed by atoms with Crippen molar-refractivity contribution in [1.29, 1.82) is 0 Å². The van der Waals surface area contributed by atoms with E-state index in [1.165, 1.54) is 37.0 Å². The molecule has 2 aliphatic carbocycles. The first-order chi connectivity index (χ1) is 17.1. The molecule has 2 saturated carbocycles. The highest BCUT2D eigenvalue weighted by atomic mass is 32.1. The lowest BCUT2D eigenvalue weighted by atomic mass is 9.85. The molecule has 2 aliphatic rings. The van der Waals surface area contributed by atoms with Crippen molar-refractivity contribution in [2.24, 2.45) is 5.41 Å². The van der Waals surface area contributed by atoms with Gasteiger partial charge in [-0.2, -0.15) is 4.98 Å². The number of rotatable bonds is 8. The summed E-state index contributed by atoms with van der Waals surface area (Å²) < 4.78 is 12.4. The third-order valence-corrected chi connectivity index (χ3v) is 13.4. The Morgan fingerprint density at radius 2 is 1.75 bits per heavy atom. The zero-order valence-corrected chi connectivity index (χ0v) is 23.7. The number of hydrogen-bond acceptors (Lipinski definition) is 9. The molecule has 0 aromatic carbocycles. The first-order valence-corrected chi connectivity index (χ1v) is 16.5. The average Bonchev–Trinajstić information content (AvgIpc) is 3.44. The SMILES string of the molecule is CC(C)(C)[Si](C)(C)OCc1cnc(Nc2ncc(-c3ccnc(OC4CCC5(CC4)CC5)n3)s2)nc1. The smallest absolute Gasteiger partial charge is 0.317 e. The summed E-state index contributed by atoms with van der Waals surface area (Å²) in [6.07, 6.45) is 14.9. The molecule has 0 bridgehead atoms. The second-order valence-corrected chi connectivity index (χ2v) is 17.5. The van der Waals surface area contributed by atoms with E-state index >= 15 is 0 Å². The maximum absolute atomic E-state index is 6.27. The highest BCUT2D eigenvalue weighted by Crippen LogP contribution is 2.56. The number of nitrogens with zero attached hydrogens (tertiary/aromatic N) is 5. The van der Waals surface area contributed by atoms with Crippen LogP contribution >= 0.6 is 11.3 Å². The average molecular weight is 525 g/mol. The van der Waals surface area contributed by atoms with Crippen LogP contribution in [0.1, 0.15) is 64.9 Å². The van der Waals surface area contributed by atoms with Gasteiger partial charge in [-0.3, -0.25) is 0 Å². The van der Waals surface area contributed by atoms with Gasteiger partial charge in [0, 0.05) is 30.4 Å². The minimum atomic E-state index is -1.81. The quantitative estimate of drug-likeness (QED) is 0.323. The number of hydrogen-bond donors (Lipinski definition) is 1. The van der Waals surface area contributed by atoms with Crippen molar-refractivity contribution in [2.75, 3.05) is 5.32 Å². The van der Waals surface area contributed by atoms with Gasteiger partial charge in [0.25, 0.3) is 0 Å². The summed E-state index contributed by atoms with van der Waals surface area (Å²) in [7, 11) is -1.81.